The Hall–Kier alpha value is -0.930. The van der Waals surface area contributed by atoms with E-state index in [4.69, 9.17) is 5.73 Å². The Morgan fingerprint density at radius 3 is 2.31 bits per heavy atom. The SMILES string of the molecule is CCC(O)(CN)c1ccc(F)cc1. The second-order valence-electron chi connectivity index (χ2n) is 3.10. The molecule has 0 fully saturated rings. The molecule has 0 spiro atoms. The van der Waals surface area contributed by atoms with Crippen molar-refractivity contribution in [3.8, 4) is 0 Å². The van der Waals surface area contributed by atoms with Crippen LogP contribution in [0.2, 0.25) is 0 Å². The van der Waals surface area contributed by atoms with Crippen LogP contribution in [0.15, 0.2) is 24.3 Å². The van der Waals surface area contributed by atoms with Crippen molar-refractivity contribution in [1.82, 2.24) is 0 Å². The van der Waals surface area contributed by atoms with Crippen LogP contribution in [0.4, 0.5) is 4.39 Å². The molecule has 0 saturated carbocycles. The summed E-state index contributed by atoms with van der Waals surface area (Å²) >= 11 is 0. The number of nitrogens with two attached hydrogens (primary N) is 1. The Morgan fingerprint density at radius 2 is 1.92 bits per heavy atom. The molecule has 0 aliphatic rings. The van der Waals surface area contributed by atoms with E-state index in [1.807, 2.05) is 6.92 Å². The van der Waals surface area contributed by atoms with Crippen LogP contribution in [0.25, 0.3) is 0 Å². The Kier molecular flexibility index (Phi) is 3.01. The lowest BCUT2D eigenvalue weighted by atomic mass is 9.91. The topological polar surface area (TPSA) is 46.2 Å². The Bertz CT molecular complexity index is 267. The fourth-order valence-electron chi connectivity index (χ4n) is 1.23. The van der Waals surface area contributed by atoms with Crippen molar-refractivity contribution in [3.05, 3.63) is 35.6 Å². The van der Waals surface area contributed by atoms with Gasteiger partial charge >= 0.3 is 0 Å². The maximum atomic E-state index is 12.6. The molecule has 0 saturated heterocycles. The summed E-state index contributed by atoms with van der Waals surface area (Å²) in [5.41, 5.74) is 5.09. The molecule has 1 aromatic rings. The van der Waals surface area contributed by atoms with E-state index >= 15 is 0 Å². The van der Waals surface area contributed by atoms with Gasteiger partial charge in [0.15, 0.2) is 0 Å². The number of halogens is 1. The third kappa shape index (κ3) is 2.05. The van der Waals surface area contributed by atoms with Crippen molar-refractivity contribution in [3.63, 3.8) is 0 Å². The van der Waals surface area contributed by atoms with Crippen LogP contribution in [-0.4, -0.2) is 11.7 Å². The molecule has 3 N–H and O–H groups in total. The highest BCUT2D eigenvalue weighted by atomic mass is 19.1. The van der Waals surface area contributed by atoms with Crippen LogP contribution in [0.1, 0.15) is 18.9 Å². The van der Waals surface area contributed by atoms with Gasteiger partial charge in [0, 0.05) is 6.54 Å². The van der Waals surface area contributed by atoms with E-state index in [0.29, 0.717) is 12.0 Å². The summed E-state index contributed by atoms with van der Waals surface area (Å²) in [6.45, 7) is 1.99. The van der Waals surface area contributed by atoms with Gasteiger partial charge in [-0.1, -0.05) is 19.1 Å². The second-order valence-corrected chi connectivity index (χ2v) is 3.10. The zero-order chi connectivity index (χ0) is 9.90. The summed E-state index contributed by atoms with van der Waals surface area (Å²) < 4.78 is 12.6. The van der Waals surface area contributed by atoms with Crippen molar-refractivity contribution >= 4 is 0 Å². The predicted octanol–water partition coefficient (Wildman–Crippen LogP) is 1.38. The molecule has 0 aliphatic carbocycles. The van der Waals surface area contributed by atoms with Crippen molar-refractivity contribution in [1.29, 1.82) is 0 Å². The molecule has 0 aliphatic heterocycles. The highest BCUT2D eigenvalue weighted by Gasteiger charge is 2.24. The minimum atomic E-state index is -1.02. The standard InChI is InChI=1S/C10H14FNO/c1-2-10(13,7-12)8-3-5-9(11)6-4-8/h3-6,13H,2,7,12H2,1H3. The van der Waals surface area contributed by atoms with Crippen molar-refractivity contribution in [2.75, 3.05) is 6.54 Å². The van der Waals surface area contributed by atoms with Crippen molar-refractivity contribution in [2.45, 2.75) is 18.9 Å². The first-order valence-electron chi connectivity index (χ1n) is 4.31. The van der Waals surface area contributed by atoms with Gasteiger partial charge in [-0.05, 0) is 24.1 Å². The van der Waals surface area contributed by atoms with Crippen molar-refractivity contribution in [2.24, 2.45) is 5.73 Å². The Balaban J connectivity index is 2.99. The molecule has 0 aromatic heterocycles. The van der Waals surface area contributed by atoms with Crippen molar-refractivity contribution < 1.29 is 9.50 Å². The molecule has 2 nitrogen and oxygen atoms in total. The van der Waals surface area contributed by atoms with E-state index in [0.717, 1.165) is 0 Å². The highest BCUT2D eigenvalue weighted by molar-refractivity contribution is 5.23. The zero-order valence-electron chi connectivity index (χ0n) is 7.63. The minimum absolute atomic E-state index is 0.148. The van der Waals surface area contributed by atoms with Crippen LogP contribution in [0.5, 0.6) is 0 Å². The lowest BCUT2D eigenvalue weighted by molar-refractivity contribution is 0.0418. The van der Waals surface area contributed by atoms with Crippen LogP contribution in [-0.2, 0) is 5.60 Å². The summed E-state index contributed by atoms with van der Waals surface area (Å²) in [5, 5.41) is 9.94. The van der Waals surface area contributed by atoms with E-state index in [1.165, 1.54) is 12.1 Å². The van der Waals surface area contributed by atoms with E-state index in [1.54, 1.807) is 12.1 Å². The molecule has 0 heterocycles. The molecule has 0 bridgehead atoms. The second kappa shape index (κ2) is 3.85. The highest BCUT2D eigenvalue weighted by Crippen LogP contribution is 2.23. The molecule has 1 atom stereocenters. The van der Waals surface area contributed by atoms with E-state index in [-0.39, 0.29) is 12.4 Å². The smallest absolute Gasteiger partial charge is 0.123 e. The number of benzene rings is 1. The minimum Gasteiger partial charge on any atom is -0.384 e. The lowest BCUT2D eigenvalue weighted by Crippen LogP contribution is -2.34. The van der Waals surface area contributed by atoms with Gasteiger partial charge < -0.3 is 10.8 Å². The average Bonchev–Trinajstić information content (AvgIpc) is 2.18. The van der Waals surface area contributed by atoms with Crippen LogP contribution in [0.3, 0.4) is 0 Å². The van der Waals surface area contributed by atoms with Gasteiger partial charge in [-0.15, -0.1) is 0 Å². The quantitative estimate of drug-likeness (QED) is 0.743. The lowest BCUT2D eigenvalue weighted by Gasteiger charge is -2.25. The van der Waals surface area contributed by atoms with E-state index < -0.39 is 5.60 Å². The summed E-state index contributed by atoms with van der Waals surface area (Å²) in [6.07, 6.45) is 0.523. The molecule has 1 unspecified atom stereocenters. The van der Waals surface area contributed by atoms with Gasteiger partial charge in [0.05, 0.1) is 0 Å². The first-order valence-corrected chi connectivity index (χ1v) is 4.31. The fourth-order valence-corrected chi connectivity index (χ4v) is 1.23. The third-order valence-corrected chi connectivity index (χ3v) is 2.30. The molecule has 0 radical (unpaired) electrons. The summed E-state index contributed by atoms with van der Waals surface area (Å²) in [7, 11) is 0. The maximum Gasteiger partial charge on any atom is 0.123 e. The summed E-state index contributed by atoms with van der Waals surface area (Å²) in [5.74, 6) is -0.306. The number of rotatable bonds is 3. The first-order chi connectivity index (χ1) is 6.12. The third-order valence-electron chi connectivity index (χ3n) is 2.30. The normalized spacial score (nSPS) is 15.4. The van der Waals surface area contributed by atoms with E-state index in [2.05, 4.69) is 0 Å². The molecule has 1 rings (SSSR count). The first kappa shape index (κ1) is 10.2. The monoisotopic (exact) mass is 183 g/mol. The van der Waals surface area contributed by atoms with Gasteiger partial charge in [-0.3, -0.25) is 0 Å². The van der Waals surface area contributed by atoms with E-state index in [9.17, 15) is 9.50 Å². The molecule has 1 aromatic carbocycles. The Morgan fingerprint density at radius 1 is 1.38 bits per heavy atom. The molecule has 0 amide bonds. The molecular weight excluding hydrogens is 169 g/mol. The van der Waals surface area contributed by atoms with Gasteiger partial charge in [0.1, 0.15) is 11.4 Å². The van der Waals surface area contributed by atoms with Crippen LogP contribution in [0, 0.1) is 5.82 Å². The summed E-state index contributed by atoms with van der Waals surface area (Å²) in [6, 6.07) is 5.77. The maximum absolute atomic E-state index is 12.6. The largest absolute Gasteiger partial charge is 0.384 e. The number of hydrogen-bond acceptors (Lipinski definition) is 2. The van der Waals surface area contributed by atoms with Gasteiger partial charge in [-0.25, -0.2) is 4.39 Å². The summed E-state index contributed by atoms with van der Waals surface area (Å²) in [4.78, 5) is 0. The van der Waals surface area contributed by atoms with Gasteiger partial charge in [-0.2, -0.15) is 0 Å². The number of hydrogen-bond donors (Lipinski definition) is 2. The number of aliphatic hydroxyl groups is 1. The van der Waals surface area contributed by atoms with Crippen LogP contribution < -0.4 is 5.73 Å². The fraction of sp³-hybridized carbons (Fsp3) is 0.400. The zero-order valence-corrected chi connectivity index (χ0v) is 7.63. The van der Waals surface area contributed by atoms with Crippen LogP contribution >= 0.6 is 0 Å². The molecule has 72 valence electrons. The van der Waals surface area contributed by atoms with Gasteiger partial charge in [0.2, 0.25) is 0 Å². The molecule has 13 heavy (non-hydrogen) atoms. The van der Waals surface area contributed by atoms with Gasteiger partial charge in [0.25, 0.3) is 0 Å². The predicted molar refractivity (Wildman–Crippen MR) is 49.6 cm³/mol. The Labute approximate surface area is 77.2 Å². The average molecular weight is 183 g/mol. The molecular formula is C10H14FNO. The molecule has 3 heteroatoms.